The number of rotatable bonds is 2. The monoisotopic (exact) mass is 320 g/mol. The second-order valence-electron chi connectivity index (χ2n) is 4.60. The van der Waals surface area contributed by atoms with E-state index in [1.54, 1.807) is 6.07 Å². The smallest absolute Gasteiger partial charge is 0.248 e. The number of benzene rings is 1. The van der Waals surface area contributed by atoms with Crippen molar-refractivity contribution in [3.8, 4) is 0 Å². The number of carbonyl (C=O) groups excluding carboxylic acids is 1. The molecule has 0 spiro atoms. The molecule has 0 aromatic heterocycles. The van der Waals surface area contributed by atoms with E-state index in [0.717, 1.165) is 0 Å². The highest BCUT2D eigenvalue weighted by molar-refractivity contribution is 9.10. The standard InChI is InChI=1S/C13H12BrF3O/c14-10-3-1-2-9(11(10)15)12(18)8-4-6-13(16,17)7-5-8/h1-3,8H,4-7H2. The Morgan fingerprint density at radius 2 is 1.89 bits per heavy atom. The Kier molecular flexibility index (Phi) is 3.80. The Labute approximate surface area is 112 Å². The molecule has 0 aliphatic heterocycles. The molecule has 1 nitrogen and oxygen atoms in total. The van der Waals surface area contributed by atoms with Crippen LogP contribution in [-0.2, 0) is 0 Å². The maximum absolute atomic E-state index is 13.7. The number of halogens is 4. The van der Waals surface area contributed by atoms with E-state index in [1.807, 2.05) is 0 Å². The maximum Gasteiger partial charge on any atom is 0.248 e. The van der Waals surface area contributed by atoms with Gasteiger partial charge < -0.3 is 0 Å². The number of hydrogen-bond acceptors (Lipinski definition) is 1. The first-order valence-electron chi connectivity index (χ1n) is 5.77. The molecule has 18 heavy (non-hydrogen) atoms. The van der Waals surface area contributed by atoms with Gasteiger partial charge in [0.15, 0.2) is 5.78 Å². The van der Waals surface area contributed by atoms with Crippen LogP contribution in [0.25, 0.3) is 0 Å². The molecule has 2 rings (SSSR count). The van der Waals surface area contributed by atoms with Crippen molar-refractivity contribution in [2.24, 2.45) is 5.92 Å². The molecule has 1 aromatic rings. The van der Waals surface area contributed by atoms with Crippen LogP contribution in [0.2, 0.25) is 0 Å². The van der Waals surface area contributed by atoms with Crippen LogP contribution in [0.15, 0.2) is 22.7 Å². The van der Waals surface area contributed by atoms with Crippen LogP contribution in [0.5, 0.6) is 0 Å². The highest BCUT2D eigenvalue weighted by Crippen LogP contribution is 2.37. The Morgan fingerprint density at radius 1 is 1.28 bits per heavy atom. The summed E-state index contributed by atoms with van der Waals surface area (Å²) in [7, 11) is 0. The highest BCUT2D eigenvalue weighted by Gasteiger charge is 2.38. The maximum atomic E-state index is 13.7. The molecule has 1 saturated carbocycles. The van der Waals surface area contributed by atoms with Crippen LogP contribution in [0, 0.1) is 11.7 Å². The average molecular weight is 321 g/mol. The van der Waals surface area contributed by atoms with E-state index in [0.29, 0.717) is 0 Å². The van der Waals surface area contributed by atoms with Gasteiger partial charge in [-0.2, -0.15) is 0 Å². The van der Waals surface area contributed by atoms with E-state index in [-0.39, 0.29) is 41.5 Å². The van der Waals surface area contributed by atoms with Gasteiger partial charge in [0, 0.05) is 18.8 Å². The summed E-state index contributed by atoms with van der Waals surface area (Å²) in [6.07, 6.45) is -0.340. The summed E-state index contributed by atoms with van der Waals surface area (Å²) in [5.41, 5.74) is -0.0143. The van der Waals surface area contributed by atoms with Crippen molar-refractivity contribution in [2.75, 3.05) is 0 Å². The molecule has 0 amide bonds. The second kappa shape index (κ2) is 5.03. The second-order valence-corrected chi connectivity index (χ2v) is 5.45. The number of ketones is 1. The normalized spacial score (nSPS) is 19.8. The van der Waals surface area contributed by atoms with Gasteiger partial charge >= 0.3 is 0 Å². The van der Waals surface area contributed by atoms with E-state index < -0.39 is 17.7 Å². The van der Waals surface area contributed by atoms with E-state index in [2.05, 4.69) is 15.9 Å². The third kappa shape index (κ3) is 2.76. The first kappa shape index (κ1) is 13.6. The first-order chi connectivity index (χ1) is 8.41. The topological polar surface area (TPSA) is 17.1 Å². The Bertz CT molecular complexity index is 463. The van der Waals surface area contributed by atoms with Gasteiger partial charge in [0.2, 0.25) is 5.92 Å². The van der Waals surface area contributed by atoms with Gasteiger partial charge in [0.05, 0.1) is 10.0 Å². The average Bonchev–Trinajstić information content (AvgIpc) is 2.32. The fourth-order valence-corrected chi connectivity index (χ4v) is 2.58. The SMILES string of the molecule is O=C(c1cccc(Br)c1F)C1CCC(F)(F)CC1. The predicted octanol–water partition coefficient (Wildman–Crippen LogP) is 4.60. The van der Waals surface area contributed by atoms with Crippen molar-refractivity contribution < 1.29 is 18.0 Å². The Morgan fingerprint density at radius 3 is 2.50 bits per heavy atom. The van der Waals surface area contributed by atoms with Crippen molar-refractivity contribution >= 4 is 21.7 Å². The number of carbonyl (C=O) groups is 1. The summed E-state index contributed by atoms with van der Waals surface area (Å²) in [5.74, 6) is -4.15. The van der Waals surface area contributed by atoms with Crippen LogP contribution in [-0.4, -0.2) is 11.7 Å². The van der Waals surface area contributed by atoms with Crippen molar-refractivity contribution in [1.82, 2.24) is 0 Å². The van der Waals surface area contributed by atoms with Crippen LogP contribution in [0.4, 0.5) is 13.2 Å². The van der Waals surface area contributed by atoms with Gasteiger partial charge in [0.1, 0.15) is 5.82 Å². The Hall–Kier alpha value is -0.840. The quantitative estimate of drug-likeness (QED) is 0.728. The van der Waals surface area contributed by atoms with E-state index in [1.165, 1.54) is 12.1 Å². The summed E-state index contributed by atoms with van der Waals surface area (Å²) >= 11 is 3.01. The van der Waals surface area contributed by atoms with Crippen LogP contribution in [0.3, 0.4) is 0 Å². The van der Waals surface area contributed by atoms with Crippen LogP contribution >= 0.6 is 15.9 Å². The van der Waals surface area contributed by atoms with E-state index in [9.17, 15) is 18.0 Å². The molecular weight excluding hydrogens is 309 g/mol. The fourth-order valence-electron chi connectivity index (χ4n) is 2.22. The van der Waals surface area contributed by atoms with Crippen molar-refractivity contribution in [2.45, 2.75) is 31.6 Å². The lowest BCUT2D eigenvalue weighted by atomic mass is 9.82. The molecule has 98 valence electrons. The summed E-state index contributed by atoms with van der Waals surface area (Å²) in [4.78, 5) is 12.1. The third-order valence-corrected chi connectivity index (χ3v) is 3.92. The summed E-state index contributed by atoms with van der Waals surface area (Å²) < 4.78 is 39.9. The zero-order chi connectivity index (χ0) is 13.3. The van der Waals surface area contributed by atoms with Crippen molar-refractivity contribution in [3.05, 3.63) is 34.1 Å². The van der Waals surface area contributed by atoms with Gasteiger partial charge in [-0.05, 0) is 40.9 Å². The van der Waals surface area contributed by atoms with Crippen LogP contribution < -0.4 is 0 Å². The molecule has 0 N–H and O–H groups in total. The van der Waals surface area contributed by atoms with Gasteiger partial charge in [0.25, 0.3) is 0 Å². The molecule has 1 aromatic carbocycles. The minimum atomic E-state index is -2.67. The molecule has 0 heterocycles. The third-order valence-electron chi connectivity index (χ3n) is 3.30. The molecule has 0 atom stereocenters. The molecule has 0 unspecified atom stereocenters. The minimum Gasteiger partial charge on any atom is -0.294 e. The summed E-state index contributed by atoms with van der Waals surface area (Å²) in [6.45, 7) is 0. The fraction of sp³-hybridized carbons (Fsp3) is 0.462. The lowest BCUT2D eigenvalue weighted by molar-refractivity contribution is -0.0424. The molecule has 5 heteroatoms. The largest absolute Gasteiger partial charge is 0.294 e. The molecule has 1 aliphatic carbocycles. The van der Waals surface area contributed by atoms with E-state index >= 15 is 0 Å². The number of Topliss-reactive ketones (excluding diaryl/α,β-unsaturated/α-hetero) is 1. The van der Waals surface area contributed by atoms with Gasteiger partial charge in [-0.1, -0.05) is 6.07 Å². The van der Waals surface area contributed by atoms with Crippen molar-refractivity contribution in [1.29, 1.82) is 0 Å². The predicted molar refractivity (Wildman–Crippen MR) is 65.3 cm³/mol. The molecule has 1 aliphatic rings. The molecule has 0 radical (unpaired) electrons. The molecule has 0 saturated heterocycles. The first-order valence-corrected chi connectivity index (χ1v) is 6.56. The zero-order valence-electron chi connectivity index (χ0n) is 9.56. The number of hydrogen-bond donors (Lipinski definition) is 0. The molecular formula is C13H12BrF3O. The Balaban J connectivity index is 2.15. The highest BCUT2D eigenvalue weighted by atomic mass is 79.9. The zero-order valence-corrected chi connectivity index (χ0v) is 11.1. The lowest BCUT2D eigenvalue weighted by Gasteiger charge is -2.27. The van der Waals surface area contributed by atoms with Gasteiger partial charge in [-0.3, -0.25) is 4.79 Å². The van der Waals surface area contributed by atoms with Gasteiger partial charge in [-0.15, -0.1) is 0 Å². The van der Waals surface area contributed by atoms with E-state index in [4.69, 9.17) is 0 Å². The van der Waals surface area contributed by atoms with Crippen molar-refractivity contribution in [3.63, 3.8) is 0 Å². The number of alkyl halides is 2. The summed E-state index contributed by atoms with van der Waals surface area (Å²) in [5, 5.41) is 0. The lowest BCUT2D eigenvalue weighted by Crippen LogP contribution is -2.29. The van der Waals surface area contributed by atoms with Crippen LogP contribution in [0.1, 0.15) is 36.0 Å². The minimum absolute atomic E-state index is 0.0143. The van der Waals surface area contributed by atoms with Gasteiger partial charge in [-0.25, -0.2) is 13.2 Å². The molecule has 1 fully saturated rings. The summed E-state index contributed by atoms with van der Waals surface area (Å²) in [6, 6.07) is 4.47. The molecule has 0 bridgehead atoms.